The van der Waals surface area contributed by atoms with Gasteiger partial charge in [-0.15, -0.1) is 0 Å². The fourth-order valence-electron chi connectivity index (χ4n) is 2.96. The summed E-state index contributed by atoms with van der Waals surface area (Å²) in [6.45, 7) is 9.95. The van der Waals surface area contributed by atoms with E-state index in [1.54, 1.807) is 44.2 Å². The maximum atomic E-state index is 12.8. The number of hydrogen-bond acceptors (Lipinski definition) is 5. The molecule has 0 fully saturated rings. The first-order chi connectivity index (χ1) is 14.1. The molecule has 0 aliphatic rings. The van der Waals surface area contributed by atoms with Gasteiger partial charge < -0.3 is 14.8 Å². The fourth-order valence-corrected chi connectivity index (χ4v) is 4.45. The van der Waals surface area contributed by atoms with E-state index in [2.05, 4.69) is 5.32 Å². The van der Waals surface area contributed by atoms with Crippen LogP contribution in [0.3, 0.4) is 0 Å². The van der Waals surface area contributed by atoms with Crippen LogP contribution in [-0.2, 0) is 10.0 Å². The van der Waals surface area contributed by atoms with Crippen LogP contribution in [0.15, 0.2) is 41.3 Å². The monoisotopic (exact) mass is 434 g/mol. The van der Waals surface area contributed by atoms with Crippen LogP contribution in [0.5, 0.6) is 11.5 Å². The first kappa shape index (κ1) is 23.7. The van der Waals surface area contributed by atoms with Crippen molar-refractivity contribution in [1.29, 1.82) is 0 Å². The highest BCUT2D eigenvalue weighted by Gasteiger charge is 2.23. The molecule has 0 spiro atoms. The van der Waals surface area contributed by atoms with E-state index in [0.717, 1.165) is 5.56 Å². The SMILES string of the molecule is CCN(CC)S(=O)(=O)c1ccc(C)c(NC(=O)c2ccc(OC(C)C)c(OC)c2)c1. The highest BCUT2D eigenvalue weighted by atomic mass is 32.2. The number of methoxy groups -OCH3 is 1. The quantitative estimate of drug-likeness (QED) is 0.643. The number of ether oxygens (including phenoxy) is 2. The van der Waals surface area contributed by atoms with Crippen molar-refractivity contribution < 1.29 is 22.7 Å². The Kier molecular flexibility index (Phi) is 7.86. The number of amides is 1. The molecule has 0 radical (unpaired) electrons. The zero-order valence-electron chi connectivity index (χ0n) is 18.4. The molecule has 0 heterocycles. The zero-order chi connectivity index (χ0) is 22.5. The Morgan fingerprint density at radius 1 is 1.07 bits per heavy atom. The van der Waals surface area contributed by atoms with E-state index >= 15 is 0 Å². The summed E-state index contributed by atoms with van der Waals surface area (Å²) in [5.74, 6) is 0.628. The predicted octanol–water partition coefficient (Wildman–Crippen LogP) is 4.07. The Morgan fingerprint density at radius 2 is 1.73 bits per heavy atom. The number of carbonyl (C=O) groups excluding carboxylic acids is 1. The number of aryl methyl sites for hydroxylation is 1. The summed E-state index contributed by atoms with van der Waals surface area (Å²) in [6.07, 6.45) is -0.0308. The van der Waals surface area contributed by atoms with Gasteiger partial charge in [-0.25, -0.2) is 8.42 Å². The van der Waals surface area contributed by atoms with Crippen molar-refractivity contribution in [1.82, 2.24) is 4.31 Å². The van der Waals surface area contributed by atoms with Gasteiger partial charge in [-0.2, -0.15) is 4.31 Å². The Morgan fingerprint density at radius 3 is 2.30 bits per heavy atom. The van der Waals surface area contributed by atoms with Gasteiger partial charge in [0.05, 0.1) is 18.1 Å². The molecule has 0 saturated carbocycles. The van der Waals surface area contributed by atoms with Gasteiger partial charge in [0, 0.05) is 24.3 Å². The van der Waals surface area contributed by atoms with Crippen molar-refractivity contribution in [3.05, 3.63) is 47.5 Å². The molecule has 30 heavy (non-hydrogen) atoms. The Balaban J connectivity index is 2.33. The van der Waals surface area contributed by atoms with E-state index in [1.807, 2.05) is 20.8 Å². The van der Waals surface area contributed by atoms with Gasteiger partial charge in [0.2, 0.25) is 10.0 Å². The first-order valence-corrected chi connectivity index (χ1v) is 11.3. The van der Waals surface area contributed by atoms with Gasteiger partial charge in [-0.1, -0.05) is 19.9 Å². The van der Waals surface area contributed by atoms with E-state index in [9.17, 15) is 13.2 Å². The lowest BCUT2D eigenvalue weighted by atomic mass is 10.1. The topological polar surface area (TPSA) is 84.9 Å². The van der Waals surface area contributed by atoms with E-state index in [4.69, 9.17) is 9.47 Å². The van der Waals surface area contributed by atoms with Crippen LogP contribution in [0.2, 0.25) is 0 Å². The lowest BCUT2D eigenvalue weighted by Gasteiger charge is -2.19. The lowest BCUT2D eigenvalue weighted by molar-refractivity contribution is 0.102. The molecule has 2 rings (SSSR count). The second-order valence-electron chi connectivity index (χ2n) is 7.05. The third-order valence-corrected chi connectivity index (χ3v) is 6.63. The molecular formula is C22H30N2O5S. The van der Waals surface area contributed by atoms with E-state index in [1.165, 1.54) is 17.5 Å². The zero-order valence-corrected chi connectivity index (χ0v) is 19.2. The van der Waals surface area contributed by atoms with E-state index in [-0.39, 0.29) is 16.9 Å². The van der Waals surface area contributed by atoms with Crippen LogP contribution < -0.4 is 14.8 Å². The molecule has 2 aromatic carbocycles. The summed E-state index contributed by atoms with van der Waals surface area (Å²) in [5.41, 5.74) is 1.57. The van der Waals surface area contributed by atoms with Crippen LogP contribution in [0.25, 0.3) is 0 Å². The molecule has 8 heteroatoms. The van der Waals surface area contributed by atoms with Crippen molar-refractivity contribution in [2.75, 3.05) is 25.5 Å². The van der Waals surface area contributed by atoms with Crippen molar-refractivity contribution >= 4 is 21.6 Å². The molecule has 7 nitrogen and oxygen atoms in total. The molecular weight excluding hydrogens is 404 g/mol. The Hall–Kier alpha value is -2.58. The molecule has 0 bridgehead atoms. The lowest BCUT2D eigenvalue weighted by Crippen LogP contribution is -2.30. The molecule has 0 atom stereocenters. The number of anilines is 1. The first-order valence-electron chi connectivity index (χ1n) is 9.90. The van der Waals surface area contributed by atoms with Crippen LogP contribution in [0.1, 0.15) is 43.6 Å². The summed E-state index contributed by atoms with van der Waals surface area (Å²) in [4.78, 5) is 13.0. The van der Waals surface area contributed by atoms with Crippen molar-refractivity contribution in [2.24, 2.45) is 0 Å². The highest BCUT2D eigenvalue weighted by Crippen LogP contribution is 2.30. The number of nitrogens with one attached hydrogen (secondary N) is 1. The third-order valence-electron chi connectivity index (χ3n) is 4.59. The maximum absolute atomic E-state index is 12.8. The Bertz CT molecular complexity index is 999. The molecule has 0 aliphatic carbocycles. The van der Waals surface area contributed by atoms with Crippen LogP contribution >= 0.6 is 0 Å². The van der Waals surface area contributed by atoms with Gasteiger partial charge in [-0.3, -0.25) is 4.79 Å². The fraction of sp³-hybridized carbons (Fsp3) is 0.409. The average molecular weight is 435 g/mol. The number of benzene rings is 2. The number of carbonyl (C=O) groups is 1. The molecule has 0 aliphatic heterocycles. The molecule has 164 valence electrons. The maximum Gasteiger partial charge on any atom is 0.255 e. The van der Waals surface area contributed by atoms with Crippen LogP contribution in [0, 0.1) is 6.92 Å². The summed E-state index contributed by atoms with van der Waals surface area (Å²) in [7, 11) is -2.11. The van der Waals surface area contributed by atoms with E-state index in [0.29, 0.717) is 35.8 Å². The van der Waals surface area contributed by atoms with E-state index < -0.39 is 10.0 Å². The normalized spacial score (nSPS) is 11.6. The second-order valence-corrected chi connectivity index (χ2v) is 8.99. The Labute approximate surface area is 179 Å². The smallest absolute Gasteiger partial charge is 0.255 e. The molecule has 2 aromatic rings. The van der Waals surface area contributed by atoms with Gasteiger partial charge in [-0.05, 0) is 56.7 Å². The molecule has 1 amide bonds. The minimum absolute atomic E-state index is 0.0308. The van der Waals surface area contributed by atoms with Gasteiger partial charge in [0.25, 0.3) is 5.91 Å². The predicted molar refractivity (Wildman–Crippen MR) is 118 cm³/mol. The molecule has 1 N–H and O–H groups in total. The van der Waals surface area contributed by atoms with Crippen LogP contribution in [-0.4, -0.2) is 44.9 Å². The van der Waals surface area contributed by atoms with Gasteiger partial charge in [0.15, 0.2) is 11.5 Å². The molecule has 0 unspecified atom stereocenters. The number of sulfonamides is 1. The van der Waals surface area contributed by atoms with Gasteiger partial charge >= 0.3 is 0 Å². The summed E-state index contributed by atoms with van der Waals surface area (Å²) < 4.78 is 38.0. The van der Waals surface area contributed by atoms with Crippen molar-refractivity contribution in [3.8, 4) is 11.5 Å². The summed E-state index contributed by atoms with van der Waals surface area (Å²) in [6, 6.07) is 9.66. The van der Waals surface area contributed by atoms with Crippen LogP contribution in [0.4, 0.5) is 5.69 Å². The molecule has 0 saturated heterocycles. The number of rotatable bonds is 9. The minimum atomic E-state index is -3.62. The molecule has 0 aromatic heterocycles. The van der Waals surface area contributed by atoms with Crippen molar-refractivity contribution in [3.63, 3.8) is 0 Å². The largest absolute Gasteiger partial charge is 0.493 e. The van der Waals surface area contributed by atoms with Gasteiger partial charge in [0.1, 0.15) is 0 Å². The van der Waals surface area contributed by atoms with Crippen molar-refractivity contribution in [2.45, 2.75) is 45.6 Å². The number of hydrogen-bond donors (Lipinski definition) is 1. The number of nitrogens with zero attached hydrogens (tertiary/aromatic N) is 1. The minimum Gasteiger partial charge on any atom is -0.493 e. The average Bonchev–Trinajstić information content (AvgIpc) is 2.70. The third kappa shape index (κ3) is 5.31. The highest BCUT2D eigenvalue weighted by molar-refractivity contribution is 7.89. The summed E-state index contributed by atoms with van der Waals surface area (Å²) in [5, 5.41) is 2.81. The summed E-state index contributed by atoms with van der Waals surface area (Å²) >= 11 is 0. The standard InChI is InChI=1S/C22H30N2O5S/c1-7-24(8-2)30(26,27)18-11-9-16(5)19(14-18)23-22(25)17-10-12-20(29-15(3)4)21(13-17)28-6/h9-15H,7-8H2,1-6H3,(H,23,25). The second kappa shape index (κ2) is 9.95.